The Bertz CT molecular complexity index is 365. The molecule has 1 aliphatic rings. The normalized spacial score (nSPS) is 24.8. The fraction of sp³-hybridized carbons (Fsp3) is 0.909. The predicted molar refractivity (Wildman–Crippen MR) is 67.2 cm³/mol. The molecule has 0 spiro atoms. The second kappa shape index (κ2) is 5.82. The van der Waals surface area contributed by atoms with E-state index in [2.05, 4.69) is 5.32 Å². The molecule has 0 aliphatic carbocycles. The summed E-state index contributed by atoms with van der Waals surface area (Å²) in [7, 11) is -2.87. The second-order valence-corrected chi connectivity index (χ2v) is 7.48. The molecule has 1 fully saturated rings. The third-order valence-corrected chi connectivity index (χ3v) is 4.79. The van der Waals surface area contributed by atoms with Crippen molar-refractivity contribution in [2.24, 2.45) is 17.6 Å². The van der Waals surface area contributed by atoms with Gasteiger partial charge in [-0.05, 0) is 24.7 Å². The fourth-order valence-electron chi connectivity index (χ4n) is 2.02. The van der Waals surface area contributed by atoms with Crippen molar-refractivity contribution in [1.82, 2.24) is 5.32 Å². The molecule has 0 aromatic carbocycles. The van der Waals surface area contributed by atoms with Gasteiger partial charge in [0.25, 0.3) is 0 Å². The van der Waals surface area contributed by atoms with Gasteiger partial charge in [0, 0.05) is 6.54 Å². The Kier molecular flexibility index (Phi) is 4.94. The van der Waals surface area contributed by atoms with E-state index in [9.17, 15) is 13.2 Å². The van der Waals surface area contributed by atoms with Gasteiger partial charge in [0.1, 0.15) is 0 Å². The first kappa shape index (κ1) is 14.4. The SMILES string of the molecule is CC(C)C[C@@H](N)C(=O)NCC1CCS(=O)(=O)C1. The molecule has 0 aromatic heterocycles. The van der Waals surface area contributed by atoms with Crippen LogP contribution in [0.3, 0.4) is 0 Å². The third kappa shape index (κ3) is 5.04. The van der Waals surface area contributed by atoms with Crippen LogP contribution in [-0.2, 0) is 14.6 Å². The molecular weight excluding hydrogens is 240 g/mol. The Hall–Kier alpha value is -0.620. The maximum Gasteiger partial charge on any atom is 0.236 e. The van der Waals surface area contributed by atoms with Crippen LogP contribution < -0.4 is 11.1 Å². The Morgan fingerprint density at radius 3 is 2.59 bits per heavy atom. The van der Waals surface area contributed by atoms with Crippen molar-refractivity contribution in [3.63, 3.8) is 0 Å². The van der Waals surface area contributed by atoms with Crippen LogP contribution in [0.25, 0.3) is 0 Å². The minimum atomic E-state index is -2.87. The van der Waals surface area contributed by atoms with Crippen molar-refractivity contribution < 1.29 is 13.2 Å². The summed E-state index contributed by atoms with van der Waals surface area (Å²) in [6, 6.07) is -0.493. The summed E-state index contributed by atoms with van der Waals surface area (Å²) in [5.41, 5.74) is 5.73. The summed E-state index contributed by atoms with van der Waals surface area (Å²) in [6.07, 6.45) is 1.29. The lowest BCUT2D eigenvalue weighted by Gasteiger charge is -2.15. The monoisotopic (exact) mass is 262 g/mol. The lowest BCUT2D eigenvalue weighted by atomic mass is 10.0. The van der Waals surface area contributed by atoms with Gasteiger partial charge in [-0.1, -0.05) is 13.8 Å². The zero-order valence-electron chi connectivity index (χ0n) is 10.5. The highest BCUT2D eigenvalue weighted by molar-refractivity contribution is 7.91. The second-order valence-electron chi connectivity index (χ2n) is 5.25. The van der Waals surface area contributed by atoms with E-state index in [0.29, 0.717) is 25.3 Å². The maximum atomic E-state index is 11.6. The van der Waals surface area contributed by atoms with Gasteiger partial charge in [-0.3, -0.25) is 4.79 Å². The molecule has 2 atom stereocenters. The van der Waals surface area contributed by atoms with Crippen LogP contribution >= 0.6 is 0 Å². The first-order chi connectivity index (χ1) is 7.80. The summed E-state index contributed by atoms with van der Waals surface area (Å²) in [5, 5.41) is 2.74. The average Bonchev–Trinajstić information content (AvgIpc) is 2.53. The summed E-state index contributed by atoms with van der Waals surface area (Å²) in [4.78, 5) is 11.6. The highest BCUT2D eigenvalue weighted by atomic mass is 32.2. The number of hydrogen-bond donors (Lipinski definition) is 2. The van der Waals surface area contributed by atoms with Gasteiger partial charge in [0.2, 0.25) is 5.91 Å². The Morgan fingerprint density at radius 2 is 2.12 bits per heavy atom. The van der Waals surface area contributed by atoms with Gasteiger partial charge in [-0.15, -0.1) is 0 Å². The van der Waals surface area contributed by atoms with Gasteiger partial charge < -0.3 is 11.1 Å². The molecule has 1 heterocycles. The van der Waals surface area contributed by atoms with Crippen molar-refractivity contribution in [2.45, 2.75) is 32.7 Å². The van der Waals surface area contributed by atoms with Gasteiger partial charge >= 0.3 is 0 Å². The fourth-order valence-corrected chi connectivity index (χ4v) is 3.89. The van der Waals surface area contributed by atoms with Crippen LogP contribution in [0, 0.1) is 11.8 Å². The zero-order valence-corrected chi connectivity index (χ0v) is 11.3. The molecule has 3 N–H and O–H groups in total. The van der Waals surface area contributed by atoms with Crippen molar-refractivity contribution >= 4 is 15.7 Å². The quantitative estimate of drug-likeness (QED) is 0.724. The molecule has 1 saturated heterocycles. The molecule has 0 radical (unpaired) electrons. The average molecular weight is 262 g/mol. The first-order valence-electron chi connectivity index (χ1n) is 6.04. The van der Waals surface area contributed by atoms with Crippen LogP contribution in [0.15, 0.2) is 0 Å². The van der Waals surface area contributed by atoms with Crippen LogP contribution in [0.1, 0.15) is 26.7 Å². The van der Waals surface area contributed by atoms with E-state index in [1.807, 2.05) is 13.8 Å². The molecule has 5 nitrogen and oxygen atoms in total. The molecule has 100 valence electrons. The Morgan fingerprint density at radius 1 is 1.47 bits per heavy atom. The minimum Gasteiger partial charge on any atom is -0.354 e. The number of hydrogen-bond acceptors (Lipinski definition) is 4. The Balaban J connectivity index is 2.29. The molecule has 1 amide bonds. The van der Waals surface area contributed by atoms with Crippen molar-refractivity contribution in [1.29, 1.82) is 0 Å². The smallest absolute Gasteiger partial charge is 0.236 e. The summed E-state index contributed by atoms with van der Waals surface area (Å²) in [5.74, 6) is 0.680. The molecule has 0 saturated carbocycles. The number of carbonyl (C=O) groups is 1. The number of carbonyl (C=O) groups excluding carboxylic acids is 1. The van der Waals surface area contributed by atoms with E-state index in [-0.39, 0.29) is 23.3 Å². The largest absolute Gasteiger partial charge is 0.354 e. The number of nitrogens with one attached hydrogen (secondary N) is 1. The van der Waals surface area contributed by atoms with Crippen LogP contribution in [-0.4, -0.2) is 38.4 Å². The molecular formula is C11H22N2O3S. The first-order valence-corrected chi connectivity index (χ1v) is 7.86. The molecule has 0 aromatic rings. The van der Waals surface area contributed by atoms with Crippen molar-refractivity contribution in [3.05, 3.63) is 0 Å². The minimum absolute atomic E-state index is 0.0511. The van der Waals surface area contributed by atoms with Gasteiger partial charge in [-0.25, -0.2) is 8.42 Å². The lowest BCUT2D eigenvalue weighted by molar-refractivity contribution is -0.122. The maximum absolute atomic E-state index is 11.6. The van der Waals surface area contributed by atoms with Crippen LogP contribution in [0.5, 0.6) is 0 Å². The predicted octanol–water partition coefficient (Wildman–Crippen LogP) is -0.0893. The van der Waals surface area contributed by atoms with Crippen molar-refractivity contribution in [2.75, 3.05) is 18.1 Å². The van der Waals surface area contributed by atoms with E-state index in [1.54, 1.807) is 0 Å². The summed E-state index contributed by atoms with van der Waals surface area (Å²) < 4.78 is 22.5. The topological polar surface area (TPSA) is 89.3 Å². The van der Waals surface area contributed by atoms with E-state index >= 15 is 0 Å². The molecule has 6 heteroatoms. The number of sulfone groups is 1. The molecule has 0 bridgehead atoms. The molecule has 1 rings (SSSR count). The Labute approximate surface area is 103 Å². The van der Waals surface area contributed by atoms with E-state index in [0.717, 1.165) is 0 Å². The summed E-state index contributed by atoms with van der Waals surface area (Å²) >= 11 is 0. The van der Waals surface area contributed by atoms with Crippen molar-refractivity contribution in [3.8, 4) is 0 Å². The highest BCUT2D eigenvalue weighted by Gasteiger charge is 2.28. The van der Waals surface area contributed by atoms with E-state index < -0.39 is 15.9 Å². The number of rotatable bonds is 5. The number of amides is 1. The third-order valence-electron chi connectivity index (χ3n) is 2.95. The lowest BCUT2D eigenvalue weighted by Crippen LogP contribution is -2.43. The van der Waals surface area contributed by atoms with Crippen LogP contribution in [0.2, 0.25) is 0 Å². The number of nitrogens with two attached hydrogens (primary N) is 1. The molecule has 1 aliphatic heterocycles. The molecule has 17 heavy (non-hydrogen) atoms. The highest BCUT2D eigenvalue weighted by Crippen LogP contribution is 2.17. The van der Waals surface area contributed by atoms with Gasteiger partial charge in [0.15, 0.2) is 9.84 Å². The van der Waals surface area contributed by atoms with Gasteiger partial charge in [-0.2, -0.15) is 0 Å². The summed E-state index contributed by atoms with van der Waals surface area (Å²) in [6.45, 7) is 4.44. The van der Waals surface area contributed by atoms with Gasteiger partial charge in [0.05, 0.1) is 17.5 Å². The van der Waals surface area contributed by atoms with Crippen LogP contribution in [0.4, 0.5) is 0 Å². The molecule has 1 unspecified atom stereocenters. The standard InChI is InChI=1S/C11H22N2O3S/c1-8(2)5-10(12)11(14)13-6-9-3-4-17(15,16)7-9/h8-10H,3-7,12H2,1-2H3,(H,13,14)/t9?,10-/m1/s1. The van der Waals surface area contributed by atoms with E-state index in [4.69, 9.17) is 5.73 Å². The zero-order chi connectivity index (χ0) is 13.1. The van der Waals surface area contributed by atoms with E-state index in [1.165, 1.54) is 0 Å².